The number of carbonyl (C=O) groups excluding carboxylic acids is 3. The van der Waals surface area contributed by atoms with E-state index in [4.69, 9.17) is 37.9 Å². The second-order valence-corrected chi connectivity index (χ2v) is 26.0. The van der Waals surface area contributed by atoms with E-state index >= 15 is 0 Å². The lowest BCUT2D eigenvalue weighted by molar-refractivity contribution is -0.139. The molecule has 0 saturated carbocycles. The third kappa shape index (κ3) is 15.4. The van der Waals surface area contributed by atoms with Gasteiger partial charge in [0.1, 0.15) is 6.04 Å². The number of carbonyl (C=O) groups is 3. The van der Waals surface area contributed by atoms with Gasteiger partial charge in [-0.05, 0) is 202 Å². The third-order valence-electron chi connectivity index (χ3n) is 17.7. The fourth-order valence-corrected chi connectivity index (χ4v) is 14.8. The van der Waals surface area contributed by atoms with Crippen molar-refractivity contribution in [1.82, 2.24) is 49.1 Å². The Balaban J connectivity index is 0.000000181. The Morgan fingerprint density at radius 3 is 1.64 bits per heavy atom. The molecule has 0 radical (unpaired) electrons. The van der Waals surface area contributed by atoms with Crippen LogP contribution < -0.4 is 5.32 Å². The second-order valence-electron chi connectivity index (χ2n) is 23.3. The second kappa shape index (κ2) is 29.5. The number of likely N-dealkylation sites (tertiary alicyclic amines) is 1. The van der Waals surface area contributed by atoms with Crippen molar-refractivity contribution in [2.75, 3.05) is 32.8 Å². The normalized spacial score (nSPS) is 19.6. The van der Waals surface area contributed by atoms with Crippen LogP contribution in [0.2, 0.25) is 10.0 Å². The number of halogens is 4. The molecule has 4 aromatic carbocycles. The molecule has 2 saturated heterocycles. The Morgan fingerprint density at radius 2 is 1.14 bits per heavy atom. The van der Waals surface area contributed by atoms with Crippen molar-refractivity contribution in [2.24, 2.45) is 11.8 Å². The highest BCUT2D eigenvalue weighted by Crippen LogP contribution is 2.46. The number of ether oxygens (including phenoxy) is 1. The Bertz CT molecular complexity index is 3490. The first-order valence-electron chi connectivity index (χ1n) is 30.5. The average molecular weight is 1340 g/mol. The maximum absolute atomic E-state index is 14.7. The number of hydrogen-bond donors (Lipinski definition) is 1. The van der Waals surface area contributed by atoms with Crippen molar-refractivity contribution in [3.8, 4) is 0 Å². The highest BCUT2D eigenvalue weighted by Gasteiger charge is 2.44. The zero-order valence-electron chi connectivity index (χ0n) is 49.1. The molecular weight excluding hydrogens is 1260 g/mol. The number of benzene rings is 4. The molecule has 12 rings (SSSR count). The van der Waals surface area contributed by atoms with E-state index in [1.54, 1.807) is 30.5 Å². The number of amides is 3. The monoisotopic (exact) mass is 1330 g/mol. The predicted octanol–water partition coefficient (Wildman–Crippen LogP) is 13.7. The molecule has 4 unspecified atom stereocenters. The van der Waals surface area contributed by atoms with Gasteiger partial charge in [-0.1, -0.05) is 96.0 Å². The molecule has 4 aliphatic rings. The molecule has 87 heavy (non-hydrogen) atoms. The van der Waals surface area contributed by atoms with E-state index in [2.05, 4.69) is 100 Å². The van der Waals surface area contributed by atoms with Crippen molar-refractivity contribution in [1.29, 1.82) is 0 Å². The lowest BCUT2D eigenvalue weighted by atomic mass is 9.74. The van der Waals surface area contributed by atoms with Gasteiger partial charge in [0.05, 0.1) is 36.7 Å². The molecule has 452 valence electrons. The van der Waals surface area contributed by atoms with Crippen molar-refractivity contribution in [3.05, 3.63) is 234 Å². The SMILES string of the molecule is CCOC(=O)N1CCC([C@H]2c3ccc(Cl)cc3CCc3cc(Br)cnc32)CC1C(=O)N(CCCn1ccnc1)Cc1ccccc1.O=C(C1CC([C@H]2c3ccc(Cl)cc3CCc3cc(Br)cnc32)CCN1)N(CCCn1ccnc1)Cc1ccccc1. The lowest BCUT2D eigenvalue weighted by Crippen LogP contribution is -2.55. The van der Waals surface area contributed by atoms with Gasteiger partial charge >= 0.3 is 6.09 Å². The van der Waals surface area contributed by atoms with Gasteiger partial charge in [0.15, 0.2) is 0 Å². The summed E-state index contributed by atoms with van der Waals surface area (Å²) < 4.78 is 11.5. The Morgan fingerprint density at radius 1 is 0.632 bits per heavy atom. The van der Waals surface area contributed by atoms with E-state index in [0.29, 0.717) is 45.1 Å². The Kier molecular flexibility index (Phi) is 21.0. The van der Waals surface area contributed by atoms with Crippen LogP contribution >= 0.6 is 55.1 Å². The maximum atomic E-state index is 14.7. The summed E-state index contributed by atoms with van der Waals surface area (Å²) in [6.07, 6.45) is 22.6. The molecule has 6 heterocycles. The van der Waals surface area contributed by atoms with Crippen LogP contribution in [-0.4, -0.2) is 107 Å². The smallest absolute Gasteiger partial charge is 0.410 e. The number of imidazole rings is 2. The molecule has 4 aromatic heterocycles. The maximum Gasteiger partial charge on any atom is 0.410 e. The molecule has 6 atom stereocenters. The van der Waals surface area contributed by atoms with E-state index in [1.165, 1.54) is 33.4 Å². The van der Waals surface area contributed by atoms with Gasteiger partial charge in [-0.2, -0.15) is 0 Å². The molecule has 0 bridgehead atoms. The largest absolute Gasteiger partial charge is 0.450 e. The average Bonchev–Trinajstić information content (AvgIpc) is 2.20. The quantitative estimate of drug-likeness (QED) is 0.0942. The van der Waals surface area contributed by atoms with Crippen LogP contribution in [0, 0.1) is 11.8 Å². The van der Waals surface area contributed by atoms with Crippen molar-refractivity contribution in [2.45, 2.75) is 121 Å². The van der Waals surface area contributed by atoms with E-state index < -0.39 is 12.1 Å². The number of fused-ring (bicyclic) bond motifs is 4. The minimum atomic E-state index is -0.660. The van der Waals surface area contributed by atoms with Gasteiger partial charge in [-0.25, -0.2) is 14.8 Å². The first-order valence-corrected chi connectivity index (χ1v) is 32.9. The first kappa shape index (κ1) is 61.9. The summed E-state index contributed by atoms with van der Waals surface area (Å²) in [4.78, 5) is 66.1. The summed E-state index contributed by atoms with van der Waals surface area (Å²) in [6, 6.07) is 36.3. The van der Waals surface area contributed by atoms with Gasteiger partial charge in [0, 0.05) is 114 Å². The predicted molar refractivity (Wildman–Crippen MR) is 347 cm³/mol. The van der Waals surface area contributed by atoms with E-state index in [0.717, 1.165) is 119 Å². The summed E-state index contributed by atoms with van der Waals surface area (Å²) in [7, 11) is 0. The molecule has 14 nitrogen and oxygen atoms in total. The third-order valence-corrected chi connectivity index (χ3v) is 19.0. The van der Waals surface area contributed by atoms with E-state index in [1.807, 2.05) is 106 Å². The van der Waals surface area contributed by atoms with Crippen molar-refractivity contribution < 1.29 is 19.1 Å². The van der Waals surface area contributed by atoms with Crippen LogP contribution in [0.5, 0.6) is 0 Å². The Hall–Kier alpha value is -6.69. The summed E-state index contributed by atoms with van der Waals surface area (Å²) in [6.45, 7) is 7.17. The minimum absolute atomic E-state index is 0.0265. The zero-order valence-corrected chi connectivity index (χ0v) is 53.8. The number of pyridine rings is 2. The van der Waals surface area contributed by atoms with Gasteiger partial charge in [-0.3, -0.25) is 24.5 Å². The van der Waals surface area contributed by atoms with Gasteiger partial charge in [-0.15, -0.1) is 0 Å². The van der Waals surface area contributed by atoms with Crippen LogP contribution in [0.25, 0.3) is 0 Å². The molecule has 2 aliphatic carbocycles. The molecule has 8 aromatic rings. The fraction of sp³-hybridized carbons (Fsp3) is 0.377. The molecule has 2 aliphatic heterocycles. The zero-order chi connectivity index (χ0) is 60.2. The molecule has 18 heteroatoms. The Labute approximate surface area is 537 Å². The molecule has 1 N–H and O–H groups in total. The van der Waals surface area contributed by atoms with Crippen molar-refractivity contribution >= 4 is 73.0 Å². The van der Waals surface area contributed by atoms with Gasteiger partial charge in [0.25, 0.3) is 0 Å². The fourth-order valence-electron chi connectivity index (χ4n) is 13.6. The van der Waals surface area contributed by atoms with Gasteiger partial charge in [0.2, 0.25) is 11.8 Å². The number of piperidine rings is 2. The van der Waals surface area contributed by atoms with Crippen LogP contribution in [0.15, 0.2) is 168 Å². The summed E-state index contributed by atoms with van der Waals surface area (Å²) in [5.74, 6) is 0.601. The number of aryl methyl sites for hydroxylation is 6. The number of aromatic nitrogens is 6. The van der Waals surface area contributed by atoms with Crippen molar-refractivity contribution in [3.63, 3.8) is 0 Å². The van der Waals surface area contributed by atoms with E-state index in [9.17, 15) is 14.4 Å². The van der Waals surface area contributed by atoms with Crippen LogP contribution in [0.3, 0.4) is 0 Å². The number of rotatable bonds is 17. The molecule has 2 fully saturated rings. The summed E-state index contributed by atoms with van der Waals surface area (Å²) in [5.41, 5.74) is 11.9. The van der Waals surface area contributed by atoms with Crippen LogP contribution in [-0.2, 0) is 66.2 Å². The molecule has 0 spiro atoms. The molecular formula is C69H74Br2Cl2N10O4. The minimum Gasteiger partial charge on any atom is -0.450 e. The summed E-state index contributed by atoms with van der Waals surface area (Å²) >= 11 is 20.2. The van der Waals surface area contributed by atoms with Crippen LogP contribution in [0.4, 0.5) is 4.79 Å². The number of nitrogens with one attached hydrogen (secondary N) is 1. The standard InChI is InChI=1S/C36H39BrClN5O3.C33H35BrClN5O/c1-2-46-36(45)43-17-13-27(33-31-12-11-30(38)20-26(31)9-10-28-19-29(37)22-40-34(28)33)21-32(43)35(44)42(23-25-7-4-3-5-8-25)16-6-15-41-18-14-39-24-41;34-27-17-26-8-7-24-18-28(35)9-10-29(24)31(32(26)38-20-27)25-11-12-37-30(19-25)33(41)40(21-23-5-2-1-3-6-23)15-4-14-39-16-13-36-22-39/h3-5,7-8,11-12,14,18-20,22,24,27,32-33H,2,6,9-10,13,15-17,21,23H2,1H3;1-3,5-6,9-10,13,16-18,20,22,25,30-31,37H,4,7-8,11-12,14-15,19,21H2/t27?,32?,33-;25?,30?,31-/m00/s1. The number of hydrogen-bond acceptors (Lipinski definition) is 9. The first-order chi connectivity index (χ1) is 42.5. The highest BCUT2D eigenvalue weighted by molar-refractivity contribution is 9.10. The topological polar surface area (TPSA) is 144 Å². The summed E-state index contributed by atoms with van der Waals surface area (Å²) in [5, 5.41) is 5.07. The number of nitrogens with zero attached hydrogens (tertiary/aromatic N) is 9. The molecule has 3 amide bonds. The van der Waals surface area contributed by atoms with Crippen LogP contribution in [0.1, 0.15) is 113 Å². The highest BCUT2D eigenvalue weighted by atomic mass is 79.9. The van der Waals surface area contributed by atoms with E-state index in [-0.39, 0.29) is 42.2 Å². The lowest BCUT2D eigenvalue weighted by Gasteiger charge is -2.42. The van der Waals surface area contributed by atoms with Gasteiger partial charge < -0.3 is 29.0 Å².